The number of anilines is 1. The number of fused-ring (bicyclic) bond motifs is 1. The highest BCUT2D eigenvalue weighted by atomic mass is 32.1. The summed E-state index contributed by atoms with van der Waals surface area (Å²) in [6, 6.07) is 17.1. The van der Waals surface area contributed by atoms with E-state index in [0.717, 1.165) is 41.7 Å². The molecule has 0 atom stereocenters. The minimum atomic E-state index is -0.584. The van der Waals surface area contributed by atoms with Crippen molar-refractivity contribution in [3.63, 3.8) is 0 Å². The van der Waals surface area contributed by atoms with Gasteiger partial charge < -0.3 is 19.5 Å². The first kappa shape index (κ1) is 27.0. The summed E-state index contributed by atoms with van der Waals surface area (Å²) in [6.07, 6.45) is 5.16. The second-order valence-corrected chi connectivity index (χ2v) is 9.78. The fourth-order valence-corrected chi connectivity index (χ4v) is 5.57. The van der Waals surface area contributed by atoms with Gasteiger partial charge in [-0.05, 0) is 74.4 Å². The van der Waals surface area contributed by atoms with Crippen LogP contribution in [0.3, 0.4) is 0 Å². The van der Waals surface area contributed by atoms with Crippen molar-refractivity contribution in [2.45, 2.75) is 46.1 Å². The number of benzene rings is 2. The monoisotopic (exact) mass is 530 g/mol. The Morgan fingerprint density at radius 3 is 2.55 bits per heavy atom. The smallest absolute Gasteiger partial charge is 0.341 e. The van der Waals surface area contributed by atoms with Gasteiger partial charge in [-0.25, -0.2) is 4.79 Å². The number of amides is 1. The Morgan fingerprint density at radius 1 is 1.03 bits per heavy atom. The Morgan fingerprint density at radius 2 is 1.82 bits per heavy atom. The van der Waals surface area contributed by atoms with Gasteiger partial charge in [0.15, 0.2) is 11.5 Å². The lowest BCUT2D eigenvalue weighted by Crippen LogP contribution is -2.16. The second kappa shape index (κ2) is 12.9. The maximum Gasteiger partial charge on any atom is 0.341 e. The molecule has 7 nitrogen and oxygen atoms in total. The minimum Gasteiger partial charge on any atom is -0.490 e. The quantitative estimate of drug-likeness (QED) is 0.187. The maximum atomic E-state index is 13.1. The lowest BCUT2D eigenvalue weighted by molar-refractivity contribution is -0.112. The van der Waals surface area contributed by atoms with E-state index in [2.05, 4.69) is 5.32 Å². The number of thiophene rings is 1. The molecule has 0 saturated carbocycles. The van der Waals surface area contributed by atoms with Crippen molar-refractivity contribution < 1.29 is 23.8 Å². The summed E-state index contributed by atoms with van der Waals surface area (Å²) >= 11 is 1.39. The summed E-state index contributed by atoms with van der Waals surface area (Å²) in [6.45, 7) is 4.68. The molecular weight excluding hydrogens is 500 g/mol. The van der Waals surface area contributed by atoms with E-state index in [0.29, 0.717) is 40.8 Å². The van der Waals surface area contributed by atoms with Crippen molar-refractivity contribution in [3.05, 3.63) is 81.2 Å². The van der Waals surface area contributed by atoms with E-state index in [-0.39, 0.29) is 12.2 Å². The van der Waals surface area contributed by atoms with Gasteiger partial charge in [0, 0.05) is 4.88 Å². The van der Waals surface area contributed by atoms with Gasteiger partial charge in [-0.2, -0.15) is 5.26 Å². The van der Waals surface area contributed by atoms with Gasteiger partial charge in [0.05, 0.1) is 18.8 Å². The van der Waals surface area contributed by atoms with E-state index >= 15 is 0 Å². The molecule has 0 bridgehead atoms. The molecule has 1 heterocycles. The summed E-state index contributed by atoms with van der Waals surface area (Å²) in [5, 5.41) is 13.0. The van der Waals surface area contributed by atoms with Crippen LogP contribution in [0.1, 0.15) is 58.6 Å². The van der Waals surface area contributed by atoms with Crippen molar-refractivity contribution >= 4 is 34.3 Å². The molecule has 1 aliphatic carbocycles. The van der Waals surface area contributed by atoms with Crippen LogP contribution in [0.15, 0.2) is 54.1 Å². The van der Waals surface area contributed by atoms with Gasteiger partial charge in [-0.1, -0.05) is 36.4 Å². The van der Waals surface area contributed by atoms with E-state index in [9.17, 15) is 14.9 Å². The normalized spacial score (nSPS) is 12.7. The standard InChI is InChI=1S/C30H30N2O5S/c1-3-35-25-17-21(14-15-24(25)37-19-20-10-6-5-7-11-20)16-22(18-31)28(33)32-29-27(30(34)36-4-2)23-12-8-9-13-26(23)38-29/h5-7,10-11,14-17H,3-4,8-9,12-13,19H2,1-2H3,(H,32,33)/b22-16+. The third-order valence-electron chi connectivity index (χ3n) is 6.06. The van der Waals surface area contributed by atoms with Crippen LogP contribution in [0.5, 0.6) is 11.5 Å². The first-order valence-electron chi connectivity index (χ1n) is 12.7. The fraction of sp³-hybridized carbons (Fsp3) is 0.300. The number of nitriles is 1. The highest BCUT2D eigenvalue weighted by Gasteiger charge is 2.27. The Labute approximate surface area is 226 Å². The van der Waals surface area contributed by atoms with Crippen molar-refractivity contribution in [2.24, 2.45) is 0 Å². The molecule has 2 aromatic carbocycles. The highest BCUT2D eigenvalue weighted by molar-refractivity contribution is 7.17. The zero-order chi connectivity index (χ0) is 26.9. The molecule has 1 N–H and O–H groups in total. The van der Waals surface area contributed by atoms with Gasteiger partial charge in [0.25, 0.3) is 5.91 Å². The van der Waals surface area contributed by atoms with Crippen molar-refractivity contribution in [1.29, 1.82) is 5.26 Å². The molecule has 3 aromatic rings. The van der Waals surface area contributed by atoms with Crippen LogP contribution in [-0.2, 0) is 29.0 Å². The van der Waals surface area contributed by atoms with Crippen LogP contribution in [0.4, 0.5) is 5.00 Å². The third kappa shape index (κ3) is 6.42. The molecule has 1 aromatic heterocycles. The van der Waals surface area contributed by atoms with Gasteiger partial charge in [0.1, 0.15) is 23.3 Å². The molecule has 0 saturated heterocycles. The third-order valence-corrected chi connectivity index (χ3v) is 7.27. The molecule has 0 radical (unpaired) electrons. The molecule has 1 amide bonds. The number of hydrogen-bond donors (Lipinski definition) is 1. The maximum absolute atomic E-state index is 13.1. The Bertz CT molecular complexity index is 1370. The lowest BCUT2D eigenvalue weighted by atomic mass is 9.95. The van der Waals surface area contributed by atoms with Crippen molar-refractivity contribution in [2.75, 3.05) is 18.5 Å². The number of nitrogens with zero attached hydrogens (tertiary/aromatic N) is 1. The molecule has 8 heteroatoms. The zero-order valence-corrected chi connectivity index (χ0v) is 22.4. The second-order valence-electron chi connectivity index (χ2n) is 8.67. The number of aryl methyl sites for hydroxylation is 1. The van der Waals surface area contributed by atoms with Gasteiger partial charge >= 0.3 is 5.97 Å². The van der Waals surface area contributed by atoms with E-state index in [4.69, 9.17) is 14.2 Å². The molecule has 0 aliphatic heterocycles. The summed E-state index contributed by atoms with van der Waals surface area (Å²) in [5.41, 5.74) is 2.91. The van der Waals surface area contributed by atoms with E-state index in [1.807, 2.05) is 43.3 Å². The van der Waals surface area contributed by atoms with Crippen LogP contribution in [0, 0.1) is 11.3 Å². The predicted octanol–water partition coefficient (Wildman–Crippen LogP) is 6.33. The number of carbonyl (C=O) groups excluding carboxylic acids is 2. The molecular formula is C30H30N2O5S. The van der Waals surface area contributed by atoms with Gasteiger partial charge in [-0.15, -0.1) is 11.3 Å². The van der Waals surface area contributed by atoms with Crippen LogP contribution in [0.2, 0.25) is 0 Å². The summed E-state index contributed by atoms with van der Waals surface area (Å²) < 4.78 is 17.0. The number of nitrogens with one attached hydrogen (secondary N) is 1. The molecule has 196 valence electrons. The number of hydrogen-bond acceptors (Lipinski definition) is 7. The fourth-order valence-electron chi connectivity index (χ4n) is 4.30. The molecule has 1 aliphatic rings. The number of ether oxygens (including phenoxy) is 3. The average Bonchev–Trinajstić information content (AvgIpc) is 3.30. The molecule has 0 spiro atoms. The molecule has 38 heavy (non-hydrogen) atoms. The lowest BCUT2D eigenvalue weighted by Gasteiger charge is -2.13. The minimum absolute atomic E-state index is 0.0911. The summed E-state index contributed by atoms with van der Waals surface area (Å²) in [5.74, 6) is 0.0561. The summed E-state index contributed by atoms with van der Waals surface area (Å²) in [7, 11) is 0. The van der Waals surface area contributed by atoms with Gasteiger partial charge in [0.2, 0.25) is 0 Å². The average molecular weight is 531 g/mol. The molecule has 0 unspecified atom stereocenters. The largest absolute Gasteiger partial charge is 0.490 e. The zero-order valence-electron chi connectivity index (χ0n) is 21.5. The van der Waals surface area contributed by atoms with E-state index in [1.54, 1.807) is 25.1 Å². The molecule has 0 fully saturated rings. The molecule has 4 rings (SSSR count). The van der Waals surface area contributed by atoms with Crippen LogP contribution in [-0.4, -0.2) is 25.1 Å². The van der Waals surface area contributed by atoms with E-state index < -0.39 is 11.9 Å². The first-order valence-corrected chi connectivity index (χ1v) is 13.5. The predicted molar refractivity (Wildman–Crippen MR) is 148 cm³/mol. The Hall–Kier alpha value is -4.09. The van der Waals surface area contributed by atoms with Crippen molar-refractivity contribution in [3.8, 4) is 17.6 Å². The number of rotatable bonds is 10. The van der Waals surface area contributed by atoms with Crippen LogP contribution in [0.25, 0.3) is 6.08 Å². The van der Waals surface area contributed by atoms with Crippen LogP contribution < -0.4 is 14.8 Å². The van der Waals surface area contributed by atoms with Crippen LogP contribution >= 0.6 is 11.3 Å². The number of esters is 1. The highest BCUT2D eigenvalue weighted by Crippen LogP contribution is 2.39. The van der Waals surface area contributed by atoms with Gasteiger partial charge in [-0.3, -0.25) is 4.79 Å². The SMILES string of the molecule is CCOC(=O)c1c(NC(=O)/C(C#N)=C/c2ccc(OCc3ccccc3)c(OCC)c2)sc2c1CCCC2. The van der Waals surface area contributed by atoms with Crippen molar-refractivity contribution in [1.82, 2.24) is 0 Å². The Kier molecular flexibility index (Phi) is 9.17. The van der Waals surface area contributed by atoms with E-state index in [1.165, 1.54) is 17.4 Å². The summed E-state index contributed by atoms with van der Waals surface area (Å²) in [4.78, 5) is 26.9. The Balaban J connectivity index is 1.56. The topological polar surface area (TPSA) is 97.7 Å². The first-order chi connectivity index (χ1) is 18.5. The number of carbonyl (C=O) groups is 2.